The van der Waals surface area contributed by atoms with Crippen LogP contribution in [0, 0.1) is 5.92 Å². The molecule has 5 rings (SSSR count). The molecule has 2 heterocycles. The van der Waals surface area contributed by atoms with Crippen LogP contribution in [-0.4, -0.2) is 82.0 Å². The lowest BCUT2D eigenvalue weighted by atomic mass is 10.0. The molecule has 11 nitrogen and oxygen atoms in total. The summed E-state index contributed by atoms with van der Waals surface area (Å²) in [4.78, 5) is 45.4. The molecule has 0 spiro atoms. The number of hydrogen-bond acceptors (Lipinski definition) is 8. The minimum absolute atomic E-state index is 0.0910. The van der Waals surface area contributed by atoms with Crippen LogP contribution in [0.1, 0.15) is 66.2 Å². The molecule has 4 atom stereocenters. The Kier molecular flexibility index (Phi) is 8.77. The second kappa shape index (κ2) is 12.3. The first-order valence-corrected chi connectivity index (χ1v) is 15.0. The summed E-state index contributed by atoms with van der Waals surface area (Å²) in [6.07, 6.45) is 3.57. The number of carbonyl (C=O) groups is 3. The fourth-order valence-corrected chi connectivity index (χ4v) is 5.25. The fraction of sp³-hybridized carbons (Fsp3) is 0.613. The van der Waals surface area contributed by atoms with Crippen LogP contribution in [0.25, 0.3) is 10.8 Å². The number of nitrogens with zero attached hydrogens (tertiary/aromatic N) is 2. The molecule has 3 fully saturated rings. The molecule has 11 heteroatoms. The maximum absolute atomic E-state index is 13.7. The normalized spacial score (nSPS) is 21.9. The first-order valence-electron chi connectivity index (χ1n) is 15.0. The van der Waals surface area contributed by atoms with E-state index in [2.05, 4.69) is 15.6 Å². The lowest BCUT2D eigenvalue weighted by Gasteiger charge is -2.30. The number of hydrogen-bond donors (Lipinski definition) is 3. The second-order valence-electron chi connectivity index (χ2n) is 12.6. The molecule has 42 heavy (non-hydrogen) atoms. The van der Waals surface area contributed by atoms with Gasteiger partial charge in [-0.2, -0.15) is 0 Å². The zero-order chi connectivity index (χ0) is 30.0. The fourth-order valence-electron chi connectivity index (χ4n) is 5.25. The van der Waals surface area contributed by atoms with Gasteiger partial charge in [-0.15, -0.1) is 0 Å². The molecule has 1 saturated heterocycles. The summed E-state index contributed by atoms with van der Waals surface area (Å²) in [5.41, 5.74) is -0.766. The summed E-state index contributed by atoms with van der Waals surface area (Å²) < 4.78 is 17.5. The monoisotopic (exact) mass is 582 g/mol. The van der Waals surface area contributed by atoms with Gasteiger partial charge in [0.05, 0.1) is 19.2 Å². The first kappa shape index (κ1) is 29.9. The number of ether oxygens (including phenoxy) is 3. The molecular formula is C31H42N4O7. The molecule has 3 N–H and O–H groups in total. The van der Waals surface area contributed by atoms with Crippen LogP contribution in [0.2, 0.25) is 0 Å². The highest BCUT2D eigenvalue weighted by Gasteiger charge is 2.45. The van der Waals surface area contributed by atoms with Crippen LogP contribution in [-0.2, 0) is 14.3 Å². The Morgan fingerprint density at radius 3 is 2.57 bits per heavy atom. The average Bonchev–Trinajstić information content (AvgIpc) is 3.87. The summed E-state index contributed by atoms with van der Waals surface area (Å²) in [6.45, 7) is 7.88. The summed E-state index contributed by atoms with van der Waals surface area (Å²) in [7, 11) is 0. The Labute approximate surface area is 246 Å². The second-order valence-corrected chi connectivity index (χ2v) is 12.6. The van der Waals surface area contributed by atoms with Gasteiger partial charge >= 0.3 is 6.09 Å². The summed E-state index contributed by atoms with van der Waals surface area (Å²) in [5.74, 6) is 0.549. The molecule has 1 aromatic carbocycles. The van der Waals surface area contributed by atoms with Crippen molar-refractivity contribution < 1.29 is 33.7 Å². The predicted octanol–water partition coefficient (Wildman–Crippen LogP) is 3.31. The van der Waals surface area contributed by atoms with E-state index in [1.807, 2.05) is 31.2 Å². The van der Waals surface area contributed by atoms with Gasteiger partial charge in [-0.3, -0.25) is 14.5 Å². The minimum Gasteiger partial charge on any atom is -0.494 e. The van der Waals surface area contributed by atoms with Crippen molar-refractivity contribution in [3.8, 4) is 11.6 Å². The van der Waals surface area contributed by atoms with Crippen LogP contribution in [0.5, 0.6) is 11.6 Å². The van der Waals surface area contributed by atoms with Crippen molar-refractivity contribution in [3.05, 3.63) is 30.5 Å². The predicted molar refractivity (Wildman–Crippen MR) is 155 cm³/mol. The summed E-state index contributed by atoms with van der Waals surface area (Å²) in [6, 6.07) is 5.93. The molecule has 228 valence electrons. The van der Waals surface area contributed by atoms with E-state index in [0.717, 1.165) is 42.2 Å². The Bertz CT molecular complexity index is 1300. The SMILES string of the molecule is CCOc1ccc2c(O[C@@H]3CC(C(=O)N[C@@H](CC4CC4)C(O)C(=O)NC4CC4)N(C(=O)OC(C)(C)C)C3)nccc2c1. The van der Waals surface area contributed by atoms with E-state index in [4.69, 9.17) is 14.2 Å². The number of aromatic nitrogens is 1. The van der Waals surface area contributed by atoms with Crippen molar-refractivity contribution in [2.75, 3.05) is 13.2 Å². The molecule has 2 aliphatic carbocycles. The number of rotatable bonds is 11. The number of aliphatic hydroxyl groups is 1. The van der Waals surface area contributed by atoms with Crippen molar-refractivity contribution in [1.82, 2.24) is 20.5 Å². The quantitative estimate of drug-likeness (QED) is 0.367. The zero-order valence-corrected chi connectivity index (χ0v) is 24.8. The minimum atomic E-state index is -1.37. The number of pyridine rings is 1. The Morgan fingerprint density at radius 2 is 1.90 bits per heavy atom. The molecule has 2 saturated carbocycles. The number of amides is 3. The van der Waals surface area contributed by atoms with Gasteiger partial charge in [0.15, 0.2) is 6.10 Å². The molecule has 2 aromatic rings. The number of fused-ring (bicyclic) bond motifs is 1. The van der Waals surface area contributed by atoms with E-state index < -0.39 is 47.8 Å². The van der Waals surface area contributed by atoms with E-state index in [0.29, 0.717) is 24.8 Å². The van der Waals surface area contributed by atoms with Crippen molar-refractivity contribution in [2.45, 2.75) is 102 Å². The van der Waals surface area contributed by atoms with Gasteiger partial charge in [0.25, 0.3) is 5.91 Å². The maximum Gasteiger partial charge on any atom is 0.411 e. The number of benzene rings is 1. The molecule has 0 radical (unpaired) electrons. The smallest absolute Gasteiger partial charge is 0.411 e. The summed E-state index contributed by atoms with van der Waals surface area (Å²) >= 11 is 0. The number of carbonyl (C=O) groups excluding carboxylic acids is 3. The van der Waals surface area contributed by atoms with Gasteiger partial charge in [-0.25, -0.2) is 9.78 Å². The Hall–Kier alpha value is -3.60. The van der Waals surface area contributed by atoms with Gasteiger partial charge < -0.3 is 30.0 Å². The topological polar surface area (TPSA) is 139 Å². The largest absolute Gasteiger partial charge is 0.494 e. The zero-order valence-electron chi connectivity index (χ0n) is 24.8. The highest BCUT2D eigenvalue weighted by atomic mass is 16.6. The van der Waals surface area contributed by atoms with Gasteiger partial charge in [-0.1, -0.05) is 12.8 Å². The molecule has 3 amide bonds. The molecule has 1 aromatic heterocycles. The van der Waals surface area contributed by atoms with Crippen molar-refractivity contribution >= 4 is 28.7 Å². The first-order chi connectivity index (χ1) is 20.0. The number of likely N-dealkylation sites (tertiary alicyclic amines) is 1. The number of aliphatic hydroxyl groups excluding tert-OH is 1. The lowest BCUT2D eigenvalue weighted by molar-refractivity contribution is -0.133. The van der Waals surface area contributed by atoms with E-state index in [-0.39, 0.29) is 19.0 Å². The van der Waals surface area contributed by atoms with Gasteiger partial charge in [0.2, 0.25) is 11.8 Å². The van der Waals surface area contributed by atoms with Crippen molar-refractivity contribution in [3.63, 3.8) is 0 Å². The molecule has 1 aliphatic heterocycles. The van der Waals surface area contributed by atoms with Crippen LogP contribution in [0.15, 0.2) is 30.5 Å². The van der Waals surface area contributed by atoms with Gasteiger partial charge in [0, 0.05) is 24.0 Å². The van der Waals surface area contributed by atoms with Crippen LogP contribution in [0.3, 0.4) is 0 Å². The molecule has 2 unspecified atom stereocenters. The Balaban J connectivity index is 1.33. The van der Waals surface area contributed by atoms with E-state index in [9.17, 15) is 19.5 Å². The highest BCUT2D eigenvalue weighted by molar-refractivity contribution is 5.89. The maximum atomic E-state index is 13.7. The standard InChI is InChI=1S/C31H42N4O7/c1-5-40-21-10-11-23-19(15-21)12-13-32-29(23)41-22-16-25(35(17-22)30(39)42-31(2,3)4)27(37)34-24(14-18-6-7-18)26(36)28(38)33-20-8-9-20/h10-13,15,18,20,22,24-26,36H,5-9,14,16-17H2,1-4H3,(H,33,38)(H,34,37)/t22-,24+,25?,26?/m1/s1. The third-order valence-electron chi connectivity index (χ3n) is 7.67. The van der Waals surface area contributed by atoms with Gasteiger partial charge in [-0.05, 0) is 82.5 Å². The van der Waals surface area contributed by atoms with Crippen molar-refractivity contribution in [2.24, 2.45) is 5.92 Å². The molecular weight excluding hydrogens is 540 g/mol. The highest BCUT2D eigenvalue weighted by Crippen LogP contribution is 2.35. The van der Waals surface area contributed by atoms with Crippen LogP contribution in [0.4, 0.5) is 4.79 Å². The Morgan fingerprint density at radius 1 is 1.14 bits per heavy atom. The third kappa shape index (κ3) is 7.61. The van der Waals surface area contributed by atoms with Crippen molar-refractivity contribution in [1.29, 1.82) is 0 Å². The molecule has 0 bridgehead atoms. The number of nitrogens with one attached hydrogen (secondary N) is 2. The average molecular weight is 583 g/mol. The molecule has 3 aliphatic rings. The van der Waals surface area contributed by atoms with Crippen LogP contribution < -0.4 is 20.1 Å². The van der Waals surface area contributed by atoms with E-state index >= 15 is 0 Å². The lowest BCUT2D eigenvalue weighted by Crippen LogP contribution is -2.55. The summed E-state index contributed by atoms with van der Waals surface area (Å²) in [5, 5.41) is 18.3. The van der Waals surface area contributed by atoms with Crippen LogP contribution >= 0.6 is 0 Å². The van der Waals surface area contributed by atoms with E-state index in [1.54, 1.807) is 27.0 Å². The third-order valence-corrected chi connectivity index (χ3v) is 7.67. The van der Waals surface area contributed by atoms with E-state index in [1.165, 1.54) is 4.90 Å². The van der Waals surface area contributed by atoms with Gasteiger partial charge in [0.1, 0.15) is 23.5 Å².